The van der Waals surface area contributed by atoms with E-state index in [4.69, 9.17) is 0 Å². The highest BCUT2D eigenvalue weighted by molar-refractivity contribution is 6.02. The number of benzene rings is 1. The molecule has 1 aliphatic heterocycles. The Morgan fingerprint density at radius 3 is 2.89 bits per heavy atom. The van der Waals surface area contributed by atoms with Gasteiger partial charge in [-0.3, -0.25) is 20.0 Å². The number of rotatable bonds is 4. The van der Waals surface area contributed by atoms with E-state index >= 15 is 0 Å². The molecule has 1 aromatic heterocycles. The minimum absolute atomic E-state index is 0.0561. The van der Waals surface area contributed by atoms with E-state index in [-0.39, 0.29) is 18.5 Å². The third-order valence-corrected chi connectivity index (χ3v) is 4.65. The van der Waals surface area contributed by atoms with Crippen LogP contribution >= 0.6 is 0 Å². The first-order chi connectivity index (χ1) is 13.0. The van der Waals surface area contributed by atoms with Crippen molar-refractivity contribution in [2.45, 2.75) is 19.9 Å². The van der Waals surface area contributed by atoms with Gasteiger partial charge >= 0.3 is 6.03 Å². The van der Waals surface area contributed by atoms with E-state index in [1.165, 1.54) is 0 Å². The fraction of sp³-hybridized carbons (Fsp3) is 0.350. The summed E-state index contributed by atoms with van der Waals surface area (Å²) in [5.41, 5.74) is 3.82. The van der Waals surface area contributed by atoms with Crippen LogP contribution < -0.4 is 16.0 Å². The smallest absolute Gasteiger partial charge is 0.314 e. The first kappa shape index (κ1) is 19.0. The molecule has 142 valence electrons. The zero-order chi connectivity index (χ0) is 19.2. The van der Waals surface area contributed by atoms with Crippen LogP contribution in [0.15, 0.2) is 42.7 Å². The molecule has 0 saturated carbocycles. The third-order valence-electron chi connectivity index (χ3n) is 4.65. The highest BCUT2D eigenvalue weighted by Gasteiger charge is 2.26. The molecule has 1 unspecified atom stereocenters. The Balaban J connectivity index is 1.58. The van der Waals surface area contributed by atoms with E-state index in [0.29, 0.717) is 5.69 Å². The first-order valence-corrected chi connectivity index (χ1v) is 9.05. The lowest BCUT2D eigenvalue weighted by Crippen LogP contribution is -2.50. The molecule has 1 saturated heterocycles. The summed E-state index contributed by atoms with van der Waals surface area (Å²) in [4.78, 5) is 30.8. The number of pyridine rings is 1. The summed E-state index contributed by atoms with van der Waals surface area (Å²) in [5, 5.41) is 8.50. The van der Waals surface area contributed by atoms with Crippen molar-refractivity contribution >= 4 is 17.6 Å². The Morgan fingerprint density at radius 1 is 1.30 bits per heavy atom. The van der Waals surface area contributed by atoms with Gasteiger partial charge in [0.05, 0.1) is 6.54 Å². The highest BCUT2D eigenvalue weighted by atomic mass is 16.2. The van der Waals surface area contributed by atoms with Gasteiger partial charge in [0.25, 0.3) is 0 Å². The number of urea groups is 1. The normalized spacial score (nSPS) is 17.3. The second-order valence-corrected chi connectivity index (χ2v) is 6.80. The topological polar surface area (TPSA) is 86.4 Å². The summed E-state index contributed by atoms with van der Waals surface area (Å²) in [6.07, 6.45) is 3.55. The van der Waals surface area contributed by atoms with Crippen molar-refractivity contribution in [2.75, 3.05) is 31.5 Å². The molecule has 7 heteroatoms. The molecule has 3 rings (SSSR count). The number of nitrogens with one attached hydrogen (secondary N) is 3. The van der Waals surface area contributed by atoms with E-state index in [9.17, 15) is 9.59 Å². The summed E-state index contributed by atoms with van der Waals surface area (Å²) in [5.74, 6) is -0.326. The molecule has 0 spiro atoms. The molecular formula is C20H25N5O2. The van der Waals surface area contributed by atoms with E-state index in [0.717, 1.165) is 36.3 Å². The molecule has 7 nitrogen and oxygen atoms in total. The van der Waals surface area contributed by atoms with Gasteiger partial charge in [-0.25, -0.2) is 4.79 Å². The maximum Gasteiger partial charge on any atom is 0.325 e. The highest BCUT2D eigenvalue weighted by Crippen LogP contribution is 2.21. The van der Waals surface area contributed by atoms with E-state index in [1.807, 2.05) is 50.4 Å². The van der Waals surface area contributed by atoms with E-state index in [1.54, 1.807) is 6.20 Å². The van der Waals surface area contributed by atoms with Crippen molar-refractivity contribution in [1.82, 2.24) is 20.5 Å². The van der Waals surface area contributed by atoms with Crippen molar-refractivity contribution in [3.8, 4) is 0 Å². The van der Waals surface area contributed by atoms with Crippen molar-refractivity contribution in [3.05, 3.63) is 59.4 Å². The van der Waals surface area contributed by atoms with Crippen LogP contribution in [0.25, 0.3) is 0 Å². The lowest BCUT2D eigenvalue weighted by Gasteiger charge is -2.35. The molecule has 1 fully saturated rings. The van der Waals surface area contributed by atoms with Gasteiger partial charge in [0, 0.05) is 43.8 Å². The Hall–Kier alpha value is -2.77. The number of nitrogens with zero attached hydrogens (tertiary/aromatic N) is 2. The summed E-state index contributed by atoms with van der Waals surface area (Å²) in [6.45, 7) is 6.34. The van der Waals surface area contributed by atoms with Gasteiger partial charge < -0.3 is 10.6 Å². The summed E-state index contributed by atoms with van der Waals surface area (Å²) in [6, 6.07) is 9.17. The van der Waals surface area contributed by atoms with Gasteiger partial charge in [-0.15, -0.1) is 0 Å². The average molecular weight is 367 g/mol. The number of aromatic nitrogens is 1. The zero-order valence-corrected chi connectivity index (χ0v) is 15.7. The standard InChI is InChI=1S/C20H25N5O2/c1-14-5-6-17(15(2)10-14)23-20(27)24-19(26)13-25-9-8-22-12-18(25)16-4-3-7-21-11-16/h3-7,10-11,18,22H,8-9,12-13H2,1-2H3,(H2,23,24,26,27). The van der Waals surface area contributed by atoms with Crippen LogP contribution in [-0.2, 0) is 4.79 Å². The van der Waals surface area contributed by atoms with Crippen LogP contribution in [-0.4, -0.2) is 48.0 Å². The molecule has 27 heavy (non-hydrogen) atoms. The lowest BCUT2D eigenvalue weighted by atomic mass is 10.1. The minimum Gasteiger partial charge on any atom is -0.314 e. The number of imide groups is 1. The van der Waals surface area contributed by atoms with Crippen LogP contribution in [0.5, 0.6) is 0 Å². The molecule has 3 N–H and O–H groups in total. The van der Waals surface area contributed by atoms with Gasteiger partial charge in [-0.05, 0) is 37.1 Å². The zero-order valence-electron chi connectivity index (χ0n) is 15.7. The van der Waals surface area contributed by atoms with Gasteiger partial charge in [0.15, 0.2) is 0 Å². The Labute approximate surface area is 159 Å². The fourth-order valence-corrected chi connectivity index (χ4v) is 3.30. The second-order valence-electron chi connectivity index (χ2n) is 6.80. The summed E-state index contributed by atoms with van der Waals surface area (Å²) >= 11 is 0. The molecule has 3 amide bonds. The molecule has 0 bridgehead atoms. The SMILES string of the molecule is Cc1ccc(NC(=O)NC(=O)CN2CCNCC2c2cccnc2)c(C)c1. The predicted molar refractivity (Wildman–Crippen MR) is 104 cm³/mol. The number of carbonyl (C=O) groups is 2. The van der Waals surface area contributed by atoms with Crippen LogP contribution in [0.2, 0.25) is 0 Å². The minimum atomic E-state index is -0.514. The van der Waals surface area contributed by atoms with Crippen LogP contribution in [0.1, 0.15) is 22.7 Å². The van der Waals surface area contributed by atoms with Crippen molar-refractivity contribution in [1.29, 1.82) is 0 Å². The molecule has 2 heterocycles. The summed E-state index contributed by atoms with van der Waals surface area (Å²) in [7, 11) is 0. The molecule has 1 atom stereocenters. The van der Waals surface area contributed by atoms with Gasteiger partial charge in [-0.2, -0.15) is 0 Å². The van der Waals surface area contributed by atoms with Crippen LogP contribution in [0.4, 0.5) is 10.5 Å². The molecular weight excluding hydrogens is 342 g/mol. The van der Waals surface area contributed by atoms with E-state index in [2.05, 4.69) is 25.8 Å². The number of aryl methyl sites for hydroxylation is 2. The maximum atomic E-state index is 12.4. The molecule has 0 aliphatic carbocycles. The third kappa shape index (κ3) is 5.12. The van der Waals surface area contributed by atoms with Gasteiger partial charge in [-0.1, -0.05) is 23.8 Å². The summed E-state index contributed by atoms with van der Waals surface area (Å²) < 4.78 is 0. The lowest BCUT2D eigenvalue weighted by molar-refractivity contribution is -0.121. The molecule has 1 aromatic carbocycles. The second kappa shape index (κ2) is 8.75. The van der Waals surface area contributed by atoms with Crippen LogP contribution in [0, 0.1) is 13.8 Å². The average Bonchev–Trinajstić information content (AvgIpc) is 2.65. The number of piperazine rings is 1. The number of hydrogen-bond donors (Lipinski definition) is 3. The predicted octanol–water partition coefficient (Wildman–Crippen LogP) is 1.99. The Bertz CT molecular complexity index is 809. The number of carbonyl (C=O) groups excluding carboxylic acids is 2. The number of anilines is 1. The van der Waals surface area contributed by atoms with Gasteiger partial charge in [0.2, 0.25) is 5.91 Å². The van der Waals surface area contributed by atoms with Crippen molar-refractivity contribution in [2.24, 2.45) is 0 Å². The van der Waals surface area contributed by atoms with E-state index < -0.39 is 6.03 Å². The van der Waals surface area contributed by atoms with Gasteiger partial charge in [0.1, 0.15) is 0 Å². The molecule has 2 aromatic rings. The quantitative estimate of drug-likeness (QED) is 0.769. The maximum absolute atomic E-state index is 12.4. The van der Waals surface area contributed by atoms with Crippen molar-refractivity contribution < 1.29 is 9.59 Å². The van der Waals surface area contributed by atoms with Crippen LogP contribution in [0.3, 0.4) is 0 Å². The Kier molecular flexibility index (Phi) is 6.16. The number of amides is 3. The molecule has 0 radical (unpaired) electrons. The van der Waals surface area contributed by atoms with Crippen molar-refractivity contribution in [3.63, 3.8) is 0 Å². The number of hydrogen-bond acceptors (Lipinski definition) is 5. The fourth-order valence-electron chi connectivity index (χ4n) is 3.30. The largest absolute Gasteiger partial charge is 0.325 e. The molecule has 1 aliphatic rings. The monoisotopic (exact) mass is 367 g/mol. The Morgan fingerprint density at radius 2 is 2.15 bits per heavy atom. The first-order valence-electron chi connectivity index (χ1n) is 9.05.